The summed E-state index contributed by atoms with van der Waals surface area (Å²) in [6, 6.07) is 8.45. The number of nitrogens with one attached hydrogen (secondary N) is 2. The molecule has 8 nitrogen and oxygen atoms in total. The van der Waals surface area contributed by atoms with Crippen molar-refractivity contribution in [2.45, 2.75) is 15.5 Å². The summed E-state index contributed by atoms with van der Waals surface area (Å²) >= 11 is 0.326. The molecule has 0 bridgehead atoms. The summed E-state index contributed by atoms with van der Waals surface area (Å²) in [6.07, 6.45) is 0. The second-order valence-electron chi connectivity index (χ2n) is 4.59. The second kappa shape index (κ2) is 7.63. The van der Waals surface area contributed by atoms with Crippen LogP contribution in [0.5, 0.6) is 0 Å². The van der Waals surface area contributed by atoms with Gasteiger partial charge in [-0.25, -0.2) is 8.42 Å². The summed E-state index contributed by atoms with van der Waals surface area (Å²) in [5.41, 5.74) is 1.68. The van der Waals surface area contributed by atoms with E-state index in [0.29, 0.717) is 11.8 Å². The number of sulfonamides is 1. The van der Waals surface area contributed by atoms with Gasteiger partial charge in [-0.2, -0.15) is 8.78 Å². The highest BCUT2D eigenvalue weighted by Gasteiger charge is 2.21. The van der Waals surface area contributed by atoms with Gasteiger partial charge >= 0.3 is 0 Å². The summed E-state index contributed by atoms with van der Waals surface area (Å²) < 4.78 is 51.4. The standard InChI is InChI=1S/C13H12F2N4O4S2/c14-13(15)24-9-3-1-8(2-4-9)18-25(22,23)10-5-6-11(17-16)12(7-10)19(20)21/h1-7,13,17-18H,16H2. The molecule has 0 spiro atoms. The van der Waals surface area contributed by atoms with E-state index in [1.165, 1.54) is 24.3 Å². The Bertz CT molecular complexity index is 876. The van der Waals surface area contributed by atoms with Crippen molar-refractivity contribution >= 4 is 38.8 Å². The Morgan fingerprint density at radius 1 is 1.16 bits per heavy atom. The normalized spacial score (nSPS) is 11.4. The number of hydrogen-bond donors (Lipinski definition) is 3. The molecule has 0 aliphatic heterocycles. The van der Waals surface area contributed by atoms with E-state index in [9.17, 15) is 27.3 Å². The lowest BCUT2D eigenvalue weighted by molar-refractivity contribution is -0.384. The predicted molar refractivity (Wildman–Crippen MR) is 90.0 cm³/mol. The first-order valence-electron chi connectivity index (χ1n) is 6.55. The van der Waals surface area contributed by atoms with Crippen LogP contribution in [0.1, 0.15) is 0 Å². The van der Waals surface area contributed by atoms with Crippen LogP contribution < -0.4 is 16.0 Å². The molecule has 4 N–H and O–H groups in total. The van der Waals surface area contributed by atoms with E-state index in [0.717, 1.165) is 18.2 Å². The SMILES string of the molecule is NNc1ccc(S(=O)(=O)Nc2ccc(SC(F)F)cc2)cc1[N+](=O)[O-]. The van der Waals surface area contributed by atoms with E-state index < -0.39 is 26.4 Å². The van der Waals surface area contributed by atoms with Gasteiger partial charge in [-0.1, -0.05) is 11.8 Å². The lowest BCUT2D eigenvalue weighted by Crippen LogP contribution is -2.14. The molecule has 0 aromatic heterocycles. The maximum absolute atomic E-state index is 12.3. The smallest absolute Gasteiger partial charge is 0.295 e. The molecule has 0 saturated heterocycles. The van der Waals surface area contributed by atoms with Crippen LogP contribution in [0.4, 0.5) is 25.8 Å². The summed E-state index contributed by atoms with van der Waals surface area (Å²) in [5, 5.41) is 11.0. The molecule has 0 heterocycles. The lowest BCUT2D eigenvalue weighted by atomic mass is 10.3. The number of hydrogen-bond acceptors (Lipinski definition) is 7. The highest BCUT2D eigenvalue weighted by atomic mass is 32.2. The maximum Gasteiger partial charge on any atom is 0.295 e. The average Bonchev–Trinajstić information content (AvgIpc) is 2.55. The number of nitrogens with two attached hydrogens (primary N) is 1. The zero-order valence-corrected chi connectivity index (χ0v) is 14.0. The van der Waals surface area contributed by atoms with Crippen molar-refractivity contribution in [1.29, 1.82) is 0 Å². The van der Waals surface area contributed by atoms with Gasteiger partial charge in [0.1, 0.15) is 5.69 Å². The molecule has 0 unspecified atom stereocenters. The van der Waals surface area contributed by atoms with Gasteiger partial charge in [-0.3, -0.25) is 20.7 Å². The van der Waals surface area contributed by atoms with E-state index in [4.69, 9.17) is 5.84 Å². The van der Waals surface area contributed by atoms with E-state index in [2.05, 4.69) is 10.1 Å². The molecule has 0 aliphatic carbocycles. The van der Waals surface area contributed by atoms with Gasteiger partial charge in [-0.05, 0) is 36.4 Å². The highest BCUT2D eigenvalue weighted by molar-refractivity contribution is 7.99. The minimum atomic E-state index is -4.11. The summed E-state index contributed by atoms with van der Waals surface area (Å²) in [4.78, 5) is 10.1. The molecule has 0 radical (unpaired) electrons. The quantitative estimate of drug-likeness (QED) is 0.287. The van der Waals surface area contributed by atoms with Crippen LogP contribution in [-0.2, 0) is 10.0 Å². The van der Waals surface area contributed by atoms with Crippen molar-refractivity contribution in [2.75, 3.05) is 10.1 Å². The Balaban J connectivity index is 2.27. The highest BCUT2D eigenvalue weighted by Crippen LogP contribution is 2.29. The van der Waals surface area contributed by atoms with Crippen LogP contribution in [-0.4, -0.2) is 19.1 Å². The molecule has 12 heteroatoms. The fourth-order valence-electron chi connectivity index (χ4n) is 1.87. The molecular formula is C13H12F2N4O4S2. The van der Waals surface area contributed by atoms with Crippen LogP contribution in [0, 0.1) is 10.1 Å². The second-order valence-corrected chi connectivity index (χ2v) is 7.33. The monoisotopic (exact) mass is 390 g/mol. The average molecular weight is 390 g/mol. The number of benzene rings is 2. The van der Waals surface area contributed by atoms with E-state index >= 15 is 0 Å². The number of nitrogen functional groups attached to an aromatic ring is 1. The Hall–Kier alpha value is -2.44. The number of nitrogens with zero attached hydrogens (tertiary/aromatic N) is 1. The third-order valence-corrected chi connectivity index (χ3v) is 5.06. The Morgan fingerprint density at radius 3 is 2.32 bits per heavy atom. The molecule has 2 aromatic rings. The molecule has 0 amide bonds. The fourth-order valence-corrected chi connectivity index (χ4v) is 3.45. The number of anilines is 2. The van der Waals surface area contributed by atoms with Crippen LogP contribution >= 0.6 is 11.8 Å². The van der Waals surface area contributed by atoms with Crippen molar-refractivity contribution in [2.24, 2.45) is 5.84 Å². The summed E-state index contributed by atoms with van der Waals surface area (Å²) in [7, 11) is -4.11. The number of alkyl halides is 2. The molecule has 0 atom stereocenters. The van der Waals surface area contributed by atoms with Gasteiger partial charge in [-0.15, -0.1) is 0 Å². The van der Waals surface area contributed by atoms with Crippen LogP contribution in [0.2, 0.25) is 0 Å². The molecule has 2 rings (SSSR count). The van der Waals surface area contributed by atoms with Crippen LogP contribution in [0.15, 0.2) is 52.3 Å². The zero-order chi connectivity index (χ0) is 18.6. The minimum Gasteiger partial charge on any atom is -0.318 e. The van der Waals surface area contributed by atoms with Crippen LogP contribution in [0.3, 0.4) is 0 Å². The number of nitro groups is 1. The van der Waals surface area contributed by atoms with E-state index in [1.807, 2.05) is 0 Å². The number of thioether (sulfide) groups is 1. The van der Waals surface area contributed by atoms with Crippen molar-refractivity contribution in [3.8, 4) is 0 Å². The summed E-state index contributed by atoms with van der Waals surface area (Å²) in [6.45, 7) is 0. The number of hydrazine groups is 1. The predicted octanol–water partition coefficient (Wildman–Crippen LogP) is 3.00. The van der Waals surface area contributed by atoms with Gasteiger partial charge < -0.3 is 5.43 Å². The topological polar surface area (TPSA) is 127 Å². The summed E-state index contributed by atoms with van der Waals surface area (Å²) in [5.74, 6) is 2.56. The van der Waals surface area contributed by atoms with Crippen molar-refractivity contribution in [1.82, 2.24) is 0 Å². The molecule has 0 saturated carbocycles. The number of rotatable bonds is 7. The Kier molecular flexibility index (Phi) is 5.77. The third kappa shape index (κ3) is 4.78. The first kappa shape index (κ1) is 18.9. The van der Waals surface area contributed by atoms with Crippen molar-refractivity contribution in [3.63, 3.8) is 0 Å². The first-order valence-corrected chi connectivity index (χ1v) is 8.92. The number of nitro benzene ring substituents is 1. The fraction of sp³-hybridized carbons (Fsp3) is 0.0769. The maximum atomic E-state index is 12.3. The lowest BCUT2D eigenvalue weighted by Gasteiger charge is -2.10. The van der Waals surface area contributed by atoms with Crippen LogP contribution in [0.25, 0.3) is 0 Å². The largest absolute Gasteiger partial charge is 0.318 e. The van der Waals surface area contributed by atoms with Gasteiger partial charge in [0.25, 0.3) is 21.5 Å². The minimum absolute atomic E-state index is 0.0441. The van der Waals surface area contributed by atoms with E-state index in [-0.39, 0.29) is 21.2 Å². The van der Waals surface area contributed by atoms with Crippen molar-refractivity contribution < 1.29 is 22.1 Å². The molecule has 25 heavy (non-hydrogen) atoms. The third-order valence-electron chi connectivity index (χ3n) is 2.96. The van der Waals surface area contributed by atoms with Gasteiger partial charge in [0.2, 0.25) is 0 Å². The molecular weight excluding hydrogens is 378 g/mol. The Morgan fingerprint density at radius 2 is 1.80 bits per heavy atom. The number of halogens is 2. The Labute approximate surface area is 145 Å². The molecule has 0 fully saturated rings. The van der Waals surface area contributed by atoms with E-state index in [1.54, 1.807) is 0 Å². The van der Waals surface area contributed by atoms with Gasteiger partial charge in [0.05, 0.1) is 9.82 Å². The van der Waals surface area contributed by atoms with Gasteiger partial charge in [0, 0.05) is 16.6 Å². The van der Waals surface area contributed by atoms with Crippen molar-refractivity contribution in [3.05, 3.63) is 52.6 Å². The molecule has 134 valence electrons. The molecule has 0 aliphatic rings. The molecule has 2 aromatic carbocycles. The first-order chi connectivity index (χ1) is 11.7. The van der Waals surface area contributed by atoms with Gasteiger partial charge in [0.15, 0.2) is 0 Å². The zero-order valence-electron chi connectivity index (χ0n) is 12.3.